The van der Waals surface area contributed by atoms with Crippen molar-refractivity contribution in [1.29, 1.82) is 0 Å². The summed E-state index contributed by atoms with van der Waals surface area (Å²) in [5, 5.41) is 2.91. The number of carbonyl (C=O) groups excluding carboxylic acids is 2. The van der Waals surface area contributed by atoms with Crippen LogP contribution in [0.4, 0.5) is 0 Å². The van der Waals surface area contributed by atoms with E-state index in [1.54, 1.807) is 24.3 Å². The lowest BCUT2D eigenvalue weighted by molar-refractivity contribution is -0.123. The van der Waals surface area contributed by atoms with Crippen molar-refractivity contribution in [2.75, 3.05) is 6.61 Å². The monoisotopic (exact) mass is 291 g/mol. The van der Waals surface area contributed by atoms with Gasteiger partial charge in [0, 0.05) is 11.6 Å². The maximum atomic E-state index is 11.8. The third-order valence-corrected chi connectivity index (χ3v) is 3.19. The van der Waals surface area contributed by atoms with E-state index in [4.69, 9.17) is 4.74 Å². The average molecular weight is 291 g/mol. The molecular weight excluding hydrogens is 266 g/mol. The molecule has 1 aromatic carbocycles. The SMILES string of the molecule is CC(=O)c1cccc(OCC(=O)NC(C)CCC(C)C)c1. The largest absolute Gasteiger partial charge is 0.484 e. The quantitative estimate of drug-likeness (QED) is 0.748. The van der Waals surface area contributed by atoms with Crippen LogP contribution in [0.2, 0.25) is 0 Å². The van der Waals surface area contributed by atoms with Crippen molar-refractivity contribution in [3.05, 3.63) is 29.8 Å². The van der Waals surface area contributed by atoms with Crippen LogP contribution in [0.5, 0.6) is 5.75 Å². The van der Waals surface area contributed by atoms with Gasteiger partial charge in [-0.05, 0) is 44.7 Å². The van der Waals surface area contributed by atoms with Crippen LogP contribution in [-0.4, -0.2) is 24.3 Å². The van der Waals surface area contributed by atoms with Crippen LogP contribution < -0.4 is 10.1 Å². The highest BCUT2D eigenvalue weighted by atomic mass is 16.5. The Kier molecular flexibility index (Phi) is 6.92. The minimum absolute atomic E-state index is 0.0211. The third-order valence-electron chi connectivity index (χ3n) is 3.19. The smallest absolute Gasteiger partial charge is 0.258 e. The van der Waals surface area contributed by atoms with Gasteiger partial charge in [0.2, 0.25) is 0 Å². The molecule has 0 aliphatic heterocycles. The summed E-state index contributed by atoms with van der Waals surface area (Å²) in [6.07, 6.45) is 2.05. The summed E-state index contributed by atoms with van der Waals surface area (Å²) in [5.41, 5.74) is 0.582. The van der Waals surface area contributed by atoms with Crippen LogP contribution in [0, 0.1) is 5.92 Å². The number of carbonyl (C=O) groups is 2. The first kappa shape index (κ1) is 17.2. The zero-order valence-electron chi connectivity index (χ0n) is 13.3. The summed E-state index contributed by atoms with van der Waals surface area (Å²) in [5.74, 6) is 1.01. The van der Waals surface area contributed by atoms with E-state index >= 15 is 0 Å². The standard InChI is InChI=1S/C17H25NO3/c1-12(2)8-9-13(3)18-17(20)11-21-16-7-5-6-15(10-16)14(4)19/h5-7,10,12-13H,8-9,11H2,1-4H3,(H,18,20). The number of nitrogens with one attached hydrogen (secondary N) is 1. The molecule has 0 saturated carbocycles. The van der Waals surface area contributed by atoms with Crippen LogP contribution in [0.25, 0.3) is 0 Å². The van der Waals surface area contributed by atoms with Crippen LogP contribution >= 0.6 is 0 Å². The number of hydrogen-bond acceptors (Lipinski definition) is 3. The fourth-order valence-electron chi connectivity index (χ4n) is 1.93. The highest BCUT2D eigenvalue weighted by Crippen LogP contribution is 2.13. The van der Waals surface area contributed by atoms with Crippen molar-refractivity contribution in [3.8, 4) is 5.75 Å². The van der Waals surface area contributed by atoms with Crippen LogP contribution in [0.15, 0.2) is 24.3 Å². The minimum Gasteiger partial charge on any atom is -0.484 e. The first-order chi connectivity index (χ1) is 9.88. The van der Waals surface area contributed by atoms with Crippen molar-refractivity contribution in [1.82, 2.24) is 5.32 Å². The van der Waals surface area contributed by atoms with Gasteiger partial charge in [-0.25, -0.2) is 0 Å². The Morgan fingerprint density at radius 3 is 2.52 bits per heavy atom. The van der Waals surface area contributed by atoms with Gasteiger partial charge in [0.1, 0.15) is 5.75 Å². The van der Waals surface area contributed by atoms with Crippen molar-refractivity contribution < 1.29 is 14.3 Å². The molecule has 0 bridgehead atoms. The highest BCUT2D eigenvalue weighted by Gasteiger charge is 2.09. The summed E-state index contributed by atoms with van der Waals surface area (Å²) in [6.45, 7) is 7.80. The molecule has 0 fully saturated rings. The second-order valence-corrected chi connectivity index (χ2v) is 5.81. The van der Waals surface area contributed by atoms with E-state index < -0.39 is 0 Å². The van der Waals surface area contributed by atoms with Crippen LogP contribution in [0.3, 0.4) is 0 Å². The lowest BCUT2D eigenvalue weighted by Crippen LogP contribution is -2.36. The zero-order chi connectivity index (χ0) is 15.8. The maximum Gasteiger partial charge on any atom is 0.258 e. The Bertz CT molecular complexity index is 483. The van der Waals surface area contributed by atoms with Crippen LogP contribution in [0.1, 0.15) is 50.9 Å². The van der Waals surface area contributed by atoms with Gasteiger partial charge >= 0.3 is 0 Å². The molecule has 116 valence electrons. The fourth-order valence-corrected chi connectivity index (χ4v) is 1.93. The Balaban J connectivity index is 2.39. The van der Waals surface area contributed by atoms with Crippen molar-refractivity contribution in [2.45, 2.75) is 46.6 Å². The molecule has 4 heteroatoms. The Labute approximate surface area is 126 Å². The number of benzene rings is 1. The summed E-state index contributed by atoms with van der Waals surface area (Å²) >= 11 is 0. The van der Waals surface area contributed by atoms with Crippen molar-refractivity contribution >= 4 is 11.7 Å². The summed E-state index contributed by atoms with van der Waals surface area (Å²) in [6, 6.07) is 7.00. The minimum atomic E-state index is -0.139. The number of ether oxygens (including phenoxy) is 1. The lowest BCUT2D eigenvalue weighted by Gasteiger charge is -2.15. The first-order valence-electron chi connectivity index (χ1n) is 7.41. The summed E-state index contributed by atoms with van der Waals surface area (Å²) in [7, 11) is 0. The predicted octanol–water partition coefficient (Wildman–Crippen LogP) is 3.21. The molecule has 1 unspecified atom stereocenters. The normalized spacial score (nSPS) is 12.0. The van der Waals surface area contributed by atoms with E-state index in [0.717, 1.165) is 12.8 Å². The number of rotatable bonds is 8. The van der Waals surface area contributed by atoms with E-state index in [1.807, 2.05) is 6.92 Å². The number of hydrogen-bond donors (Lipinski definition) is 1. The Morgan fingerprint density at radius 1 is 1.19 bits per heavy atom. The molecule has 0 aliphatic carbocycles. The van der Waals surface area contributed by atoms with Gasteiger partial charge in [0.15, 0.2) is 12.4 Å². The van der Waals surface area contributed by atoms with Gasteiger partial charge in [-0.3, -0.25) is 9.59 Å². The number of ketones is 1. The van der Waals surface area contributed by atoms with Crippen LogP contribution in [-0.2, 0) is 4.79 Å². The summed E-state index contributed by atoms with van der Waals surface area (Å²) < 4.78 is 5.42. The molecular formula is C17H25NO3. The Hall–Kier alpha value is -1.84. The molecule has 0 heterocycles. The topological polar surface area (TPSA) is 55.4 Å². The van der Waals surface area contributed by atoms with E-state index in [2.05, 4.69) is 19.2 Å². The van der Waals surface area contributed by atoms with E-state index in [9.17, 15) is 9.59 Å². The van der Waals surface area contributed by atoms with Gasteiger partial charge < -0.3 is 10.1 Å². The van der Waals surface area contributed by atoms with E-state index in [1.165, 1.54) is 6.92 Å². The van der Waals surface area contributed by atoms with Gasteiger partial charge in [-0.15, -0.1) is 0 Å². The van der Waals surface area contributed by atoms with Gasteiger partial charge in [-0.2, -0.15) is 0 Å². The molecule has 1 rings (SSSR count). The van der Waals surface area contributed by atoms with Crippen molar-refractivity contribution in [2.24, 2.45) is 5.92 Å². The zero-order valence-corrected chi connectivity index (χ0v) is 13.3. The Morgan fingerprint density at radius 2 is 1.90 bits per heavy atom. The van der Waals surface area contributed by atoms with Gasteiger partial charge in [-0.1, -0.05) is 26.0 Å². The molecule has 4 nitrogen and oxygen atoms in total. The molecule has 1 N–H and O–H groups in total. The molecule has 0 spiro atoms. The van der Waals surface area contributed by atoms with E-state index in [-0.39, 0.29) is 24.3 Å². The summed E-state index contributed by atoms with van der Waals surface area (Å²) in [4.78, 5) is 23.1. The molecule has 0 aliphatic rings. The lowest BCUT2D eigenvalue weighted by atomic mass is 10.0. The average Bonchev–Trinajstić information content (AvgIpc) is 2.43. The molecule has 0 radical (unpaired) electrons. The van der Waals surface area contributed by atoms with Gasteiger partial charge in [0.05, 0.1) is 0 Å². The van der Waals surface area contributed by atoms with E-state index in [0.29, 0.717) is 17.2 Å². The second-order valence-electron chi connectivity index (χ2n) is 5.81. The molecule has 1 atom stereocenters. The number of amides is 1. The molecule has 1 aromatic rings. The molecule has 0 saturated heterocycles. The third kappa shape index (κ3) is 6.93. The second kappa shape index (κ2) is 8.45. The number of Topliss-reactive ketones (excluding diaryl/α,β-unsaturated/α-hetero) is 1. The van der Waals surface area contributed by atoms with Gasteiger partial charge in [0.25, 0.3) is 5.91 Å². The predicted molar refractivity (Wildman–Crippen MR) is 83.6 cm³/mol. The molecule has 1 amide bonds. The fraction of sp³-hybridized carbons (Fsp3) is 0.529. The molecule has 0 aromatic heterocycles. The van der Waals surface area contributed by atoms with Crippen molar-refractivity contribution in [3.63, 3.8) is 0 Å². The highest BCUT2D eigenvalue weighted by molar-refractivity contribution is 5.94. The maximum absolute atomic E-state index is 11.8. The first-order valence-corrected chi connectivity index (χ1v) is 7.41. The molecule has 21 heavy (non-hydrogen) atoms.